The van der Waals surface area contributed by atoms with Crippen LogP contribution in [0.5, 0.6) is 5.75 Å². The highest BCUT2D eigenvalue weighted by Gasteiger charge is 2.35. The molecule has 1 aliphatic rings. The normalized spacial score (nSPS) is 14.9. The number of carbonyl (C=O) groups is 2. The number of halogens is 1. The van der Waals surface area contributed by atoms with Crippen molar-refractivity contribution in [3.05, 3.63) is 126 Å². The Kier molecular flexibility index (Phi) is 7.75. The number of thioether (sulfide) groups is 1. The monoisotopic (exact) mass is 526 g/mol. The number of hydrogen-bond acceptors (Lipinski definition) is 4. The lowest BCUT2D eigenvalue weighted by molar-refractivity contribution is -0.115. The topological polar surface area (TPSA) is 49.9 Å². The zero-order chi connectivity index (χ0) is 26.5. The summed E-state index contributed by atoms with van der Waals surface area (Å²) in [6, 6.07) is 30.8. The first-order valence-electron chi connectivity index (χ1n) is 12.3. The zero-order valence-corrected chi connectivity index (χ0v) is 21.7. The molecule has 1 unspecified atom stereocenters. The summed E-state index contributed by atoms with van der Waals surface area (Å²) < 4.78 is 18.9. The summed E-state index contributed by atoms with van der Waals surface area (Å²) in [5.41, 5.74) is 3.99. The summed E-state index contributed by atoms with van der Waals surface area (Å²) in [5.74, 6) is 0.647. The van der Waals surface area contributed by atoms with Crippen LogP contribution < -0.4 is 14.5 Å². The van der Waals surface area contributed by atoms with Gasteiger partial charge in [0, 0.05) is 17.8 Å². The van der Waals surface area contributed by atoms with Crippen LogP contribution in [0, 0.1) is 5.82 Å². The van der Waals surface area contributed by atoms with E-state index in [0.717, 1.165) is 22.5 Å². The van der Waals surface area contributed by atoms with Crippen LogP contribution in [-0.2, 0) is 11.2 Å². The SMILES string of the molecule is COc1ccccc1N1C(=O)CSC1c1ccc(N(CCc2ccc(F)cc2)C(=O)c2ccccc2)cc1. The van der Waals surface area contributed by atoms with Crippen molar-refractivity contribution in [3.63, 3.8) is 0 Å². The van der Waals surface area contributed by atoms with E-state index in [1.54, 1.807) is 52.9 Å². The van der Waals surface area contributed by atoms with Gasteiger partial charge in [0.1, 0.15) is 16.9 Å². The molecule has 0 aliphatic carbocycles. The molecule has 0 bridgehead atoms. The number of hydrogen-bond donors (Lipinski definition) is 0. The smallest absolute Gasteiger partial charge is 0.258 e. The first kappa shape index (κ1) is 25.5. The molecule has 1 aliphatic heterocycles. The van der Waals surface area contributed by atoms with Gasteiger partial charge in [-0.1, -0.05) is 54.6 Å². The van der Waals surface area contributed by atoms with Crippen LogP contribution in [0.2, 0.25) is 0 Å². The summed E-state index contributed by atoms with van der Waals surface area (Å²) in [7, 11) is 1.60. The van der Waals surface area contributed by atoms with Crippen molar-refractivity contribution in [2.24, 2.45) is 0 Å². The Morgan fingerprint density at radius 2 is 1.63 bits per heavy atom. The second-order valence-electron chi connectivity index (χ2n) is 8.89. The largest absolute Gasteiger partial charge is 0.495 e. The van der Waals surface area contributed by atoms with Crippen LogP contribution in [0.25, 0.3) is 0 Å². The molecule has 1 atom stereocenters. The molecule has 0 N–H and O–H groups in total. The Hall–Kier alpha value is -4.10. The van der Waals surface area contributed by atoms with Crippen molar-refractivity contribution in [2.45, 2.75) is 11.8 Å². The molecule has 1 fully saturated rings. The van der Waals surface area contributed by atoms with E-state index in [9.17, 15) is 14.0 Å². The van der Waals surface area contributed by atoms with Gasteiger partial charge in [-0.3, -0.25) is 14.5 Å². The maximum Gasteiger partial charge on any atom is 0.258 e. The van der Waals surface area contributed by atoms with Gasteiger partial charge in [-0.2, -0.15) is 0 Å². The van der Waals surface area contributed by atoms with Gasteiger partial charge in [-0.05, 0) is 66.1 Å². The van der Waals surface area contributed by atoms with Gasteiger partial charge in [0.15, 0.2) is 0 Å². The number of anilines is 2. The highest BCUT2D eigenvalue weighted by molar-refractivity contribution is 8.00. The third-order valence-corrected chi connectivity index (χ3v) is 7.72. The fourth-order valence-electron chi connectivity index (χ4n) is 4.56. The Morgan fingerprint density at radius 1 is 0.947 bits per heavy atom. The minimum Gasteiger partial charge on any atom is -0.495 e. The first-order valence-corrected chi connectivity index (χ1v) is 13.4. The van der Waals surface area contributed by atoms with E-state index in [1.807, 2.05) is 66.7 Å². The average molecular weight is 527 g/mol. The third-order valence-electron chi connectivity index (χ3n) is 6.51. The van der Waals surface area contributed by atoms with Gasteiger partial charge in [0.05, 0.1) is 18.6 Å². The quantitative estimate of drug-likeness (QED) is 0.263. The Morgan fingerprint density at radius 3 is 2.34 bits per heavy atom. The van der Waals surface area contributed by atoms with Crippen molar-refractivity contribution in [3.8, 4) is 5.75 Å². The van der Waals surface area contributed by atoms with Crippen molar-refractivity contribution < 1.29 is 18.7 Å². The molecule has 1 saturated heterocycles. The van der Waals surface area contributed by atoms with Crippen LogP contribution in [0.4, 0.5) is 15.8 Å². The second kappa shape index (κ2) is 11.5. The van der Waals surface area contributed by atoms with Gasteiger partial charge in [0.2, 0.25) is 5.91 Å². The highest BCUT2D eigenvalue weighted by Crippen LogP contribution is 2.45. The number of amides is 2. The Balaban J connectivity index is 1.42. The molecule has 1 heterocycles. The predicted octanol–water partition coefficient (Wildman–Crippen LogP) is 6.50. The highest BCUT2D eigenvalue weighted by atomic mass is 32.2. The predicted molar refractivity (Wildman–Crippen MR) is 150 cm³/mol. The summed E-state index contributed by atoms with van der Waals surface area (Å²) in [5, 5.41) is -0.203. The van der Waals surface area contributed by atoms with Gasteiger partial charge in [-0.15, -0.1) is 11.8 Å². The number of carbonyl (C=O) groups excluding carboxylic acids is 2. The van der Waals surface area contributed by atoms with E-state index in [1.165, 1.54) is 12.1 Å². The maximum atomic E-state index is 13.5. The van der Waals surface area contributed by atoms with Crippen molar-refractivity contribution >= 4 is 35.0 Å². The van der Waals surface area contributed by atoms with Crippen LogP contribution in [-0.4, -0.2) is 31.2 Å². The number of methoxy groups -OCH3 is 1. The number of para-hydroxylation sites is 2. The molecule has 4 aromatic rings. The summed E-state index contributed by atoms with van der Waals surface area (Å²) in [4.78, 5) is 29.9. The summed E-state index contributed by atoms with van der Waals surface area (Å²) in [6.45, 7) is 0.433. The Labute approximate surface area is 225 Å². The molecule has 7 heteroatoms. The molecule has 0 aromatic heterocycles. The van der Waals surface area contributed by atoms with E-state index >= 15 is 0 Å². The van der Waals surface area contributed by atoms with Crippen LogP contribution in [0.1, 0.15) is 26.9 Å². The minimum atomic E-state index is -0.285. The fourth-order valence-corrected chi connectivity index (χ4v) is 5.72. The van der Waals surface area contributed by atoms with Crippen LogP contribution in [0.15, 0.2) is 103 Å². The molecule has 4 aromatic carbocycles. The zero-order valence-electron chi connectivity index (χ0n) is 20.9. The minimum absolute atomic E-state index is 0.0220. The van der Waals surface area contributed by atoms with E-state index < -0.39 is 0 Å². The van der Waals surface area contributed by atoms with Crippen molar-refractivity contribution in [1.82, 2.24) is 0 Å². The summed E-state index contributed by atoms with van der Waals surface area (Å²) >= 11 is 1.56. The number of nitrogens with zero attached hydrogens (tertiary/aromatic N) is 2. The molecule has 0 radical (unpaired) electrons. The lowest BCUT2D eigenvalue weighted by Crippen LogP contribution is -2.33. The van der Waals surface area contributed by atoms with E-state index in [2.05, 4.69) is 0 Å². The first-order chi connectivity index (χ1) is 18.5. The molecule has 0 spiro atoms. The van der Waals surface area contributed by atoms with Gasteiger partial charge in [-0.25, -0.2) is 4.39 Å². The second-order valence-corrected chi connectivity index (χ2v) is 9.96. The average Bonchev–Trinajstić information content (AvgIpc) is 3.35. The fraction of sp³-hybridized carbons (Fsp3) is 0.161. The molecule has 38 heavy (non-hydrogen) atoms. The molecule has 192 valence electrons. The molecule has 2 amide bonds. The molecule has 5 nitrogen and oxygen atoms in total. The number of rotatable bonds is 8. The van der Waals surface area contributed by atoms with Gasteiger partial charge < -0.3 is 9.64 Å². The molecule has 5 rings (SSSR count). The number of benzene rings is 4. The summed E-state index contributed by atoms with van der Waals surface area (Å²) in [6.07, 6.45) is 0.579. The Bertz CT molecular complexity index is 1410. The lowest BCUT2D eigenvalue weighted by Gasteiger charge is -2.27. The standard InChI is InChI=1S/C31H27FN2O3S/c1-37-28-10-6-5-9-27(28)34-29(35)21-38-31(34)24-13-17-26(18-14-24)33(30(36)23-7-3-2-4-8-23)20-19-22-11-15-25(32)16-12-22/h2-18,31H,19-21H2,1H3. The lowest BCUT2D eigenvalue weighted by atomic mass is 10.1. The van der Waals surface area contributed by atoms with E-state index in [4.69, 9.17) is 4.74 Å². The van der Waals surface area contributed by atoms with Crippen molar-refractivity contribution in [1.29, 1.82) is 0 Å². The number of ether oxygens (including phenoxy) is 1. The molecule has 0 saturated carbocycles. The third kappa shape index (κ3) is 5.43. The van der Waals surface area contributed by atoms with Crippen LogP contribution >= 0.6 is 11.8 Å². The molecular weight excluding hydrogens is 499 g/mol. The van der Waals surface area contributed by atoms with Gasteiger partial charge in [0.25, 0.3) is 5.91 Å². The van der Waals surface area contributed by atoms with Gasteiger partial charge >= 0.3 is 0 Å². The van der Waals surface area contributed by atoms with E-state index in [-0.39, 0.29) is 23.0 Å². The maximum absolute atomic E-state index is 13.5. The van der Waals surface area contributed by atoms with E-state index in [0.29, 0.717) is 30.0 Å². The van der Waals surface area contributed by atoms with Crippen molar-refractivity contribution in [2.75, 3.05) is 29.2 Å². The molecular formula is C31H27FN2O3S. The van der Waals surface area contributed by atoms with Crippen LogP contribution in [0.3, 0.4) is 0 Å².